The van der Waals surface area contributed by atoms with Crippen molar-refractivity contribution in [3.8, 4) is 0 Å². The monoisotopic (exact) mass is 320 g/mol. The fraction of sp³-hybridized carbons (Fsp3) is 0.238. The predicted octanol–water partition coefficient (Wildman–Crippen LogP) is 4.51. The van der Waals surface area contributed by atoms with Crippen LogP contribution >= 0.6 is 0 Å². The molecular formula is C21H21FN2. The maximum Gasteiger partial charge on any atom is 0.123 e. The molecule has 4 rings (SSSR count). The van der Waals surface area contributed by atoms with E-state index in [0.29, 0.717) is 6.54 Å². The summed E-state index contributed by atoms with van der Waals surface area (Å²) in [5, 5.41) is 4.67. The molecule has 24 heavy (non-hydrogen) atoms. The first-order valence-corrected chi connectivity index (χ1v) is 8.46. The summed E-state index contributed by atoms with van der Waals surface area (Å²) < 4.78 is 15.9. The van der Waals surface area contributed by atoms with Gasteiger partial charge in [0.2, 0.25) is 0 Å². The molecule has 0 atom stereocenters. The van der Waals surface area contributed by atoms with E-state index < -0.39 is 0 Å². The number of halogens is 1. The molecule has 3 aromatic rings. The molecule has 3 heteroatoms. The van der Waals surface area contributed by atoms with Gasteiger partial charge in [-0.25, -0.2) is 4.39 Å². The van der Waals surface area contributed by atoms with Gasteiger partial charge < -0.3 is 9.88 Å². The highest BCUT2D eigenvalue weighted by Gasteiger charge is 2.18. The second kappa shape index (κ2) is 6.25. The predicted molar refractivity (Wildman–Crippen MR) is 97.6 cm³/mol. The highest BCUT2D eigenvalue weighted by atomic mass is 19.1. The molecule has 0 saturated carbocycles. The zero-order valence-electron chi connectivity index (χ0n) is 13.8. The van der Waals surface area contributed by atoms with Crippen molar-refractivity contribution in [2.75, 3.05) is 13.1 Å². The van der Waals surface area contributed by atoms with E-state index in [0.717, 1.165) is 25.1 Å². The summed E-state index contributed by atoms with van der Waals surface area (Å²) in [6, 6.07) is 15.4. The van der Waals surface area contributed by atoms with Crippen LogP contribution in [0.4, 0.5) is 4.39 Å². The van der Waals surface area contributed by atoms with Gasteiger partial charge in [0.05, 0.1) is 0 Å². The van der Waals surface area contributed by atoms with Gasteiger partial charge >= 0.3 is 0 Å². The number of nitrogens with one attached hydrogen (secondary N) is 1. The second-order valence-corrected chi connectivity index (χ2v) is 6.38. The van der Waals surface area contributed by atoms with Crippen molar-refractivity contribution in [1.82, 2.24) is 9.88 Å². The average molecular weight is 320 g/mol. The molecule has 0 amide bonds. The summed E-state index contributed by atoms with van der Waals surface area (Å²) in [6.07, 6.45) is 3.35. The maximum absolute atomic E-state index is 13.6. The number of fused-ring (bicyclic) bond motifs is 1. The van der Waals surface area contributed by atoms with E-state index in [1.54, 1.807) is 12.1 Å². The lowest BCUT2D eigenvalue weighted by Gasteiger charge is -2.15. The van der Waals surface area contributed by atoms with Gasteiger partial charge in [-0.2, -0.15) is 0 Å². The third-order valence-corrected chi connectivity index (χ3v) is 4.85. The molecule has 0 bridgehead atoms. The van der Waals surface area contributed by atoms with Crippen LogP contribution in [0.2, 0.25) is 0 Å². The van der Waals surface area contributed by atoms with Gasteiger partial charge in [-0.15, -0.1) is 0 Å². The van der Waals surface area contributed by atoms with Crippen LogP contribution in [-0.4, -0.2) is 17.7 Å². The van der Waals surface area contributed by atoms with Crippen LogP contribution in [0, 0.1) is 12.7 Å². The molecule has 2 heterocycles. The van der Waals surface area contributed by atoms with Gasteiger partial charge in [0.15, 0.2) is 0 Å². The van der Waals surface area contributed by atoms with Crippen molar-refractivity contribution in [2.24, 2.45) is 0 Å². The number of aromatic nitrogens is 1. The van der Waals surface area contributed by atoms with Crippen LogP contribution in [0.25, 0.3) is 16.5 Å². The second-order valence-electron chi connectivity index (χ2n) is 6.38. The topological polar surface area (TPSA) is 17.0 Å². The van der Waals surface area contributed by atoms with Gasteiger partial charge in [0.25, 0.3) is 0 Å². The number of rotatable bonds is 3. The Balaban J connectivity index is 1.86. The minimum atomic E-state index is -0.178. The Morgan fingerprint density at radius 2 is 2.00 bits per heavy atom. The number of hydrogen-bond acceptors (Lipinski definition) is 1. The van der Waals surface area contributed by atoms with Crippen LogP contribution in [0.1, 0.15) is 23.2 Å². The lowest BCUT2D eigenvalue weighted by molar-refractivity contribution is 0.623. The van der Waals surface area contributed by atoms with Crippen molar-refractivity contribution in [2.45, 2.75) is 19.9 Å². The molecule has 0 radical (unpaired) electrons. The fourth-order valence-corrected chi connectivity index (χ4v) is 3.71. The van der Waals surface area contributed by atoms with Crippen molar-refractivity contribution in [3.63, 3.8) is 0 Å². The number of hydrogen-bond donors (Lipinski definition) is 1. The smallest absolute Gasteiger partial charge is 0.123 e. The Morgan fingerprint density at radius 1 is 1.12 bits per heavy atom. The summed E-state index contributed by atoms with van der Waals surface area (Å²) in [6.45, 7) is 4.82. The molecule has 2 nitrogen and oxygen atoms in total. The van der Waals surface area contributed by atoms with E-state index in [1.165, 1.54) is 33.8 Å². The molecule has 0 fully saturated rings. The van der Waals surface area contributed by atoms with Crippen LogP contribution in [0.5, 0.6) is 0 Å². The molecule has 0 unspecified atom stereocenters. The molecular weight excluding hydrogens is 299 g/mol. The van der Waals surface area contributed by atoms with E-state index in [4.69, 9.17) is 0 Å². The number of nitrogens with zero attached hydrogens (tertiary/aromatic N) is 1. The highest BCUT2D eigenvalue weighted by Crippen LogP contribution is 2.34. The average Bonchev–Trinajstić information content (AvgIpc) is 2.88. The Hall–Kier alpha value is -2.39. The SMILES string of the molecule is Cc1c(C2=CCNCC2)c2ccccc2n1Cc1cccc(F)c1. The molecule has 122 valence electrons. The fourth-order valence-electron chi connectivity index (χ4n) is 3.71. The van der Waals surface area contributed by atoms with Crippen molar-refractivity contribution < 1.29 is 4.39 Å². The molecule has 0 aliphatic carbocycles. The molecule has 1 aliphatic heterocycles. The van der Waals surface area contributed by atoms with Crippen molar-refractivity contribution in [3.05, 3.63) is 77.2 Å². The van der Waals surface area contributed by atoms with Crippen LogP contribution < -0.4 is 5.32 Å². The minimum Gasteiger partial charge on any atom is -0.340 e. The lowest BCUT2D eigenvalue weighted by atomic mass is 9.97. The van der Waals surface area contributed by atoms with Gasteiger partial charge in [-0.1, -0.05) is 36.4 Å². The van der Waals surface area contributed by atoms with Gasteiger partial charge in [-0.3, -0.25) is 0 Å². The molecule has 1 aromatic heterocycles. The Bertz CT molecular complexity index is 921. The van der Waals surface area contributed by atoms with Crippen LogP contribution in [0.15, 0.2) is 54.6 Å². The minimum absolute atomic E-state index is 0.178. The normalized spacial score (nSPS) is 14.8. The third-order valence-electron chi connectivity index (χ3n) is 4.85. The maximum atomic E-state index is 13.6. The highest BCUT2D eigenvalue weighted by molar-refractivity contribution is 5.95. The Morgan fingerprint density at radius 3 is 2.79 bits per heavy atom. The Labute approximate surface area is 141 Å². The molecule has 2 aromatic carbocycles. The third kappa shape index (κ3) is 2.65. The summed E-state index contributed by atoms with van der Waals surface area (Å²) in [5.41, 5.74) is 6.23. The van der Waals surface area contributed by atoms with Gasteiger partial charge in [0.1, 0.15) is 5.82 Å². The standard InChI is InChI=1S/C21H21FN2/c1-15-21(17-9-11-23-12-10-17)19-7-2-3-8-20(19)24(15)14-16-5-4-6-18(22)13-16/h2-9,13,23H,10-12,14H2,1H3. The lowest BCUT2D eigenvalue weighted by Crippen LogP contribution is -2.20. The van der Waals surface area contributed by atoms with E-state index in [9.17, 15) is 4.39 Å². The van der Waals surface area contributed by atoms with E-state index in [-0.39, 0.29) is 5.82 Å². The number of benzene rings is 2. The zero-order valence-corrected chi connectivity index (χ0v) is 13.8. The van der Waals surface area contributed by atoms with Crippen molar-refractivity contribution >= 4 is 16.5 Å². The molecule has 0 saturated heterocycles. The first-order chi connectivity index (χ1) is 11.7. The molecule has 0 spiro atoms. The van der Waals surface area contributed by atoms with E-state index in [1.807, 2.05) is 6.07 Å². The molecule has 1 aliphatic rings. The van der Waals surface area contributed by atoms with E-state index in [2.05, 4.69) is 47.1 Å². The first-order valence-electron chi connectivity index (χ1n) is 8.46. The van der Waals surface area contributed by atoms with Crippen LogP contribution in [0.3, 0.4) is 0 Å². The summed E-state index contributed by atoms with van der Waals surface area (Å²) in [7, 11) is 0. The quantitative estimate of drug-likeness (QED) is 0.751. The summed E-state index contributed by atoms with van der Waals surface area (Å²) >= 11 is 0. The van der Waals surface area contributed by atoms with E-state index >= 15 is 0 Å². The number of para-hydroxylation sites is 1. The first kappa shape index (κ1) is 15.2. The van der Waals surface area contributed by atoms with Crippen molar-refractivity contribution in [1.29, 1.82) is 0 Å². The Kier molecular flexibility index (Phi) is 3.95. The largest absolute Gasteiger partial charge is 0.340 e. The summed E-state index contributed by atoms with van der Waals surface area (Å²) in [5.74, 6) is -0.178. The zero-order chi connectivity index (χ0) is 16.5. The van der Waals surface area contributed by atoms with Gasteiger partial charge in [-0.05, 0) is 49.2 Å². The van der Waals surface area contributed by atoms with Gasteiger partial charge in [0, 0.05) is 35.2 Å². The summed E-state index contributed by atoms with van der Waals surface area (Å²) in [4.78, 5) is 0. The van der Waals surface area contributed by atoms with Crippen LogP contribution in [-0.2, 0) is 6.54 Å². The molecule has 1 N–H and O–H groups in total.